The number of carbonyl (C=O) groups excluding carboxylic acids is 3. The molecule has 0 aliphatic heterocycles. The molecular formula is C25H38O5. The summed E-state index contributed by atoms with van der Waals surface area (Å²) in [5, 5.41) is 0. The average molecular weight is 419 g/mol. The fraction of sp³-hybridized carbons (Fsp3) is 0.880. The van der Waals surface area contributed by atoms with Crippen LogP contribution in [0.3, 0.4) is 0 Å². The van der Waals surface area contributed by atoms with Crippen LogP contribution in [0.25, 0.3) is 0 Å². The minimum atomic E-state index is -1.00. The van der Waals surface area contributed by atoms with Crippen molar-refractivity contribution in [3.05, 3.63) is 0 Å². The highest BCUT2D eigenvalue weighted by Gasteiger charge is 2.65. The SMILES string of the molecule is CC(=O)O[C@H]1CC[C@]2(C)C3CC[C@@]4(C)C(CCC(=O)[C@@]4(C)OC(C)=O)C3CC[C@H]2C1. The molecule has 0 spiro atoms. The summed E-state index contributed by atoms with van der Waals surface area (Å²) >= 11 is 0. The Morgan fingerprint density at radius 3 is 2.30 bits per heavy atom. The lowest BCUT2D eigenvalue weighted by molar-refractivity contribution is -0.215. The van der Waals surface area contributed by atoms with Crippen molar-refractivity contribution in [2.45, 2.75) is 104 Å². The number of hydrogen-bond donors (Lipinski definition) is 0. The van der Waals surface area contributed by atoms with Crippen molar-refractivity contribution >= 4 is 17.7 Å². The second-order valence-corrected chi connectivity index (χ2v) is 11.2. The summed E-state index contributed by atoms with van der Waals surface area (Å²) in [5.74, 6) is 1.82. The zero-order valence-electron chi connectivity index (χ0n) is 19.3. The largest absolute Gasteiger partial charge is 0.463 e. The zero-order chi connectivity index (χ0) is 21.9. The molecule has 8 atom stereocenters. The molecule has 5 nitrogen and oxygen atoms in total. The zero-order valence-corrected chi connectivity index (χ0v) is 19.3. The first-order valence-corrected chi connectivity index (χ1v) is 11.9. The van der Waals surface area contributed by atoms with Gasteiger partial charge in [-0.1, -0.05) is 13.8 Å². The molecule has 3 unspecified atom stereocenters. The van der Waals surface area contributed by atoms with Crippen LogP contribution in [0.5, 0.6) is 0 Å². The van der Waals surface area contributed by atoms with Gasteiger partial charge in [-0.3, -0.25) is 14.4 Å². The smallest absolute Gasteiger partial charge is 0.303 e. The number of carbonyl (C=O) groups is 3. The molecule has 0 N–H and O–H groups in total. The highest BCUT2D eigenvalue weighted by molar-refractivity contribution is 5.91. The molecule has 4 fully saturated rings. The van der Waals surface area contributed by atoms with Gasteiger partial charge in [0.1, 0.15) is 6.10 Å². The van der Waals surface area contributed by atoms with Crippen molar-refractivity contribution in [1.29, 1.82) is 0 Å². The lowest BCUT2D eigenvalue weighted by atomic mass is 9.41. The van der Waals surface area contributed by atoms with E-state index < -0.39 is 5.60 Å². The van der Waals surface area contributed by atoms with Gasteiger partial charge in [-0.2, -0.15) is 0 Å². The van der Waals surface area contributed by atoms with Crippen molar-refractivity contribution in [2.75, 3.05) is 0 Å². The predicted octanol–water partition coefficient (Wildman–Crippen LogP) is 4.85. The number of ketones is 1. The summed E-state index contributed by atoms with van der Waals surface area (Å²) in [4.78, 5) is 36.3. The molecule has 0 aromatic rings. The second kappa shape index (κ2) is 7.34. The van der Waals surface area contributed by atoms with Crippen LogP contribution >= 0.6 is 0 Å². The molecule has 0 radical (unpaired) electrons. The van der Waals surface area contributed by atoms with Crippen LogP contribution in [0, 0.1) is 34.5 Å². The first kappa shape index (κ1) is 21.8. The first-order valence-electron chi connectivity index (χ1n) is 11.9. The lowest BCUT2D eigenvalue weighted by Crippen LogP contribution is -2.65. The molecule has 4 aliphatic rings. The first-order chi connectivity index (χ1) is 14.0. The van der Waals surface area contributed by atoms with Crippen LogP contribution in [-0.2, 0) is 23.9 Å². The van der Waals surface area contributed by atoms with E-state index in [1.807, 2.05) is 6.92 Å². The summed E-state index contributed by atoms with van der Waals surface area (Å²) < 4.78 is 11.4. The minimum absolute atomic E-state index is 0.0746. The Balaban J connectivity index is 1.59. The van der Waals surface area contributed by atoms with Gasteiger partial charge >= 0.3 is 11.9 Å². The van der Waals surface area contributed by atoms with Gasteiger partial charge in [0.05, 0.1) is 0 Å². The lowest BCUT2D eigenvalue weighted by Gasteiger charge is -2.65. The Morgan fingerprint density at radius 2 is 1.63 bits per heavy atom. The molecule has 168 valence electrons. The number of esters is 2. The van der Waals surface area contributed by atoms with Crippen LogP contribution < -0.4 is 0 Å². The molecule has 0 saturated heterocycles. The van der Waals surface area contributed by atoms with Crippen molar-refractivity contribution in [3.63, 3.8) is 0 Å². The molecule has 4 aliphatic carbocycles. The Hall–Kier alpha value is -1.39. The van der Waals surface area contributed by atoms with Gasteiger partial charge in [0.25, 0.3) is 0 Å². The number of Topliss-reactive ketones (excluding diaryl/α,β-unsaturated/α-hetero) is 1. The summed E-state index contributed by atoms with van der Waals surface area (Å²) in [7, 11) is 0. The van der Waals surface area contributed by atoms with Gasteiger partial charge in [-0.15, -0.1) is 0 Å². The molecule has 0 heterocycles. The third-order valence-corrected chi connectivity index (χ3v) is 9.99. The minimum Gasteiger partial charge on any atom is -0.463 e. The molecule has 0 bridgehead atoms. The molecule has 0 amide bonds. The standard InChI is InChI=1S/C25H38O5/c1-15(26)29-18-10-12-23(3)17(14-18)6-7-19-20(23)11-13-24(4)21(19)8-9-22(28)25(24,5)30-16(2)27/h17-21H,6-14H2,1-5H3/t17-,18-,19?,20?,21?,23-,24-,25+/m0/s1. The fourth-order valence-electron chi connectivity index (χ4n) is 8.31. The van der Waals surface area contributed by atoms with Crippen LogP contribution in [0.1, 0.15) is 92.4 Å². The van der Waals surface area contributed by atoms with E-state index >= 15 is 0 Å². The van der Waals surface area contributed by atoms with E-state index in [4.69, 9.17) is 9.47 Å². The molecule has 5 heteroatoms. The van der Waals surface area contributed by atoms with Gasteiger partial charge in [-0.25, -0.2) is 0 Å². The van der Waals surface area contributed by atoms with Gasteiger partial charge in [0.2, 0.25) is 0 Å². The molecule has 4 rings (SSSR count). The number of hydrogen-bond acceptors (Lipinski definition) is 5. The van der Waals surface area contributed by atoms with E-state index in [1.54, 1.807) is 0 Å². The van der Waals surface area contributed by atoms with E-state index in [0.717, 1.165) is 38.5 Å². The fourth-order valence-corrected chi connectivity index (χ4v) is 8.31. The summed E-state index contributed by atoms with van der Waals surface area (Å²) in [6, 6.07) is 0. The summed E-state index contributed by atoms with van der Waals surface area (Å²) in [6.45, 7) is 9.49. The Morgan fingerprint density at radius 1 is 0.900 bits per heavy atom. The van der Waals surface area contributed by atoms with Crippen LogP contribution in [-0.4, -0.2) is 29.4 Å². The van der Waals surface area contributed by atoms with Crippen LogP contribution in [0.4, 0.5) is 0 Å². The van der Waals surface area contributed by atoms with Gasteiger partial charge < -0.3 is 9.47 Å². The molecule has 0 aromatic carbocycles. The maximum Gasteiger partial charge on any atom is 0.303 e. The third kappa shape index (κ3) is 3.14. The van der Waals surface area contributed by atoms with E-state index in [9.17, 15) is 14.4 Å². The van der Waals surface area contributed by atoms with Crippen LogP contribution in [0.2, 0.25) is 0 Å². The van der Waals surface area contributed by atoms with Gasteiger partial charge in [0, 0.05) is 25.7 Å². The quantitative estimate of drug-likeness (QED) is 0.600. The maximum atomic E-state index is 13.0. The van der Waals surface area contributed by atoms with Crippen molar-refractivity contribution in [2.24, 2.45) is 34.5 Å². The Kier molecular flexibility index (Phi) is 5.34. The molecular weight excluding hydrogens is 380 g/mol. The highest BCUT2D eigenvalue weighted by Crippen LogP contribution is 2.67. The van der Waals surface area contributed by atoms with Crippen LogP contribution in [0.15, 0.2) is 0 Å². The number of rotatable bonds is 2. The van der Waals surface area contributed by atoms with Crippen molar-refractivity contribution in [1.82, 2.24) is 0 Å². The third-order valence-electron chi connectivity index (χ3n) is 9.99. The van der Waals surface area contributed by atoms with E-state index in [2.05, 4.69) is 13.8 Å². The topological polar surface area (TPSA) is 69.7 Å². The predicted molar refractivity (Wildman–Crippen MR) is 112 cm³/mol. The number of fused-ring (bicyclic) bond motifs is 5. The van der Waals surface area contributed by atoms with E-state index in [0.29, 0.717) is 30.1 Å². The monoisotopic (exact) mass is 418 g/mol. The summed E-state index contributed by atoms with van der Waals surface area (Å²) in [6.07, 6.45) is 8.93. The van der Waals surface area contributed by atoms with Crippen molar-refractivity contribution in [3.8, 4) is 0 Å². The highest BCUT2D eigenvalue weighted by atomic mass is 16.6. The molecule has 4 saturated carbocycles. The van der Waals surface area contributed by atoms with Gasteiger partial charge in [0.15, 0.2) is 11.4 Å². The normalized spacial score (nSPS) is 48.0. The van der Waals surface area contributed by atoms with E-state index in [1.165, 1.54) is 26.7 Å². The Bertz CT molecular complexity index is 746. The maximum absolute atomic E-state index is 13.0. The van der Waals surface area contributed by atoms with Gasteiger partial charge in [-0.05, 0) is 87.4 Å². The van der Waals surface area contributed by atoms with Crippen molar-refractivity contribution < 1.29 is 23.9 Å². The molecule has 30 heavy (non-hydrogen) atoms. The average Bonchev–Trinajstić information content (AvgIpc) is 2.65. The Labute approximate surface area is 180 Å². The van der Waals surface area contributed by atoms with E-state index in [-0.39, 0.29) is 34.7 Å². The summed E-state index contributed by atoms with van der Waals surface area (Å²) in [5.41, 5.74) is -1.01. The number of ether oxygens (including phenoxy) is 2. The second-order valence-electron chi connectivity index (χ2n) is 11.2. The molecule has 0 aromatic heterocycles.